The van der Waals surface area contributed by atoms with E-state index in [4.69, 9.17) is 0 Å². The molecule has 4 rings (SSSR count). The minimum atomic E-state index is -0.367. The second-order valence-electron chi connectivity index (χ2n) is 8.66. The number of benzene rings is 1. The first-order chi connectivity index (χ1) is 12.7. The second kappa shape index (κ2) is 7.69. The number of nitrogens with zero attached hydrogens (tertiary/aromatic N) is 2. The first-order valence-electron chi connectivity index (χ1n) is 10.4. The number of likely N-dealkylation sites (tertiary alicyclic amines) is 2. The van der Waals surface area contributed by atoms with Crippen LogP contribution in [0.25, 0.3) is 0 Å². The summed E-state index contributed by atoms with van der Waals surface area (Å²) in [5, 5.41) is 10.4. The van der Waals surface area contributed by atoms with Crippen LogP contribution in [-0.4, -0.2) is 53.0 Å². The quantitative estimate of drug-likeness (QED) is 0.880. The molecule has 3 aliphatic rings. The summed E-state index contributed by atoms with van der Waals surface area (Å²) in [7, 11) is 0. The average Bonchev–Trinajstić information content (AvgIpc) is 2.64. The summed E-state index contributed by atoms with van der Waals surface area (Å²) >= 11 is 0. The minimum Gasteiger partial charge on any atom is -0.388 e. The lowest BCUT2D eigenvalue weighted by molar-refractivity contribution is -0.144. The Hall–Kier alpha value is -1.39. The van der Waals surface area contributed by atoms with Crippen molar-refractivity contribution >= 4 is 5.91 Å². The number of amides is 1. The third-order valence-electron chi connectivity index (χ3n) is 7.03. The number of carbonyl (C=O) groups is 1. The van der Waals surface area contributed by atoms with Gasteiger partial charge >= 0.3 is 0 Å². The maximum Gasteiger partial charge on any atom is 0.222 e. The maximum absolute atomic E-state index is 12.3. The molecule has 4 nitrogen and oxygen atoms in total. The van der Waals surface area contributed by atoms with Crippen molar-refractivity contribution in [2.75, 3.05) is 26.2 Å². The number of hydrogen-bond donors (Lipinski definition) is 1. The van der Waals surface area contributed by atoms with E-state index in [9.17, 15) is 9.90 Å². The molecule has 0 radical (unpaired) electrons. The van der Waals surface area contributed by atoms with Crippen LogP contribution >= 0.6 is 0 Å². The minimum absolute atomic E-state index is 0.359. The van der Waals surface area contributed by atoms with E-state index in [1.165, 1.54) is 32.1 Å². The molecule has 1 N–H and O–H groups in total. The van der Waals surface area contributed by atoms with Gasteiger partial charge in [-0.15, -0.1) is 0 Å². The summed E-state index contributed by atoms with van der Waals surface area (Å²) in [6.45, 7) is 4.16. The summed E-state index contributed by atoms with van der Waals surface area (Å²) in [4.78, 5) is 17.0. The van der Waals surface area contributed by atoms with Gasteiger partial charge in [0.05, 0.1) is 6.10 Å². The Labute approximate surface area is 157 Å². The van der Waals surface area contributed by atoms with Gasteiger partial charge in [-0.1, -0.05) is 30.3 Å². The molecule has 26 heavy (non-hydrogen) atoms. The van der Waals surface area contributed by atoms with E-state index in [1.807, 2.05) is 30.3 Å². The van der Waals surface area contributed by atoms with E-state index in [0.29, 0.717) is 17.4 Å². The molecule has 1 aliphatic carbocycles. The highest BCUT2D eigenvalue weighted by atomic mass is 16.3. The van der Waals surface area contributed by atoms with Crippen molar-refractivity contribution in [3.05, 3.63) is 35.9 Å². The van der Waals surface area contributed by atoms with Gasteiger partial charge in [0.2, 0.25) is 5.91 Å². The molecule has 2 saturated heterocycles. The molecule has 2 heterocycles. The normalized spacial score (nSPS) is 25.3. The predicted octanol–water partition coefficient (Wildman–Crippen LogP) is 3.37. The molecular formula is C22H32N2O2. The molecule has 0 aromatic heterocycles. The average molecular weight is 357 g/mol. The molecule has 1 aromatic carbocycles. The Morgan fingerprint density at radius 2 is 1.85 bits per heavy atom. The van der Waals surface area contributed by atoms with Crippen LogP contribution in [-0.2, 0) is 4.79 Å². The third kappa shape index (κ3) is 3.81. The van der Waals surface area contributed by atoms with Crippen molar-refractivity contribution in [3.63, 3.8) is 0 Å². The Bertz CT molecular complexity index is 606. The molecule has 4 heteroatoms. The van der Waals surface area contributed by atoms with Crippen LogP contribution in [0.4, 0.5) is 0 Å². The van der Waals surface area contributed by atoms with Gasteiger partial charge in [-0.25, -0.2) is 0 Å². The molecular weight excluding hydrogens is 324 g/mol. The number of carbonyl (C=O) groups excluding carboxylic acids is 1. The van der Waals surface area contributed by atoms with E-state index < -0.39 is 0 Å². The first kappa shape index (κ1) is 18.0. The van der Waals surface area contributed by atoms with E-state index >= 15 is 0 Å². The molecule has 2 aliphatic heterocycles. The first-order valence-corrected chi connectivity index (χ1v) is 10.4. The van der Waals surface area contributed by atoms with E-state index in [2.05, 4.69) is 9.80 Å². The molecule has 1 saturated carbocycles. The van der Waals surface area contributed by atoms with Crippen LogP contribution in [0.1, 0.15) is 63.0 Å². The van der Waals surface area contributed by atoms with Gasteiger partial charge in [0.25, 0.3) is 0 Å². The van der Waals surface area contributed by atoms with Gasteiger partial charge in [-0.3, -0.25) is 4.79 Å². The molecule has 1 spiro atoms. The third-order valence-corrected chi connectivity index (χ3v) is 7.03. The molecule has 0 bridgehead atoms. The molecule has 1 atom stereocenters. The summed E-state index contributed by atoms with van der Waals surface area (Å²) in [5.74, 6) is 0.397. The van der Waals surface area contributed by atoms with Crippen LogP contribution in [0.3, 0.4) is 0 Å². The van der Waals surface area contributed by atoms with Crippen LogP contribution in [0.2, 0.25) is 0 Å². The van der Waals surface area contributed by atoms with Crippen molar-refractivity contribution in [2.45, 2.75) is 63.5 Å². The summed E-state index contributed by atoms with van der Waals surface area (Å²) in [5.41, 5.74) is 1.38. The Kier molecular flexibility index (Phi) is 5.32. The predicted molar refractivity (Wildman–Crippen MR) is 103 cm³/mol. The topological polar surface area (TPSA) is 43.8 Å². The summed E-state index contributed by atoms with van der Waals surface area (Å²) in [6, 6.07) is 10.5. The zero-order chi connectivity index (χ0) is 18.0. The smallest absolute Gasteiger partial charge is 0.222 e. The fraction of sp³-hybridized carbons (Fsp3) is 0.682. The Morgan fingerprint density at radius 1 is 1.12 bits per heavy atom. The number of aliphatic hydroxyl groups is 1. The lowest BCUT2D eigenvalue weighted by Gasteiger charge is -2.51. The van der Waals surface area contributed by atoms with Crippen molar-refractivity contribution in [3.8, 4) is 0 Å². The van der Waals surface area contributed by atoms with Crippen LogP contribution < -0.4 is 0 Å². The molecule has 142 valence electrons. The second-order valence-corrected chi connectivity index (χ2v) is 8.66. The van der Waals surface area contributed by atoms with Gasteiger partial charge in [0.1, 0.15) is 0 Å². The van der Waals surface area contributed by atoms with Gasteiger partial charge in [-0.2, -0.15) is 0 Å². The SMILES string of the molecule is O=C1CCC2(CCN(CC[C@@H](O)c3ccccc3)CC2)CN1C1CCC1. The zero-order valence-electron chi connectivity index (χ0n) is 15.8. The van der Waals surface area contributed by atoms with E-state index in [0.717, 1.165) is 51.0 Å². The number of rotatable bonds is 5. The molecule has 1 aromatic rings. The Balaban J connectivity index is 1.26. The van der Waals surface area contributed by atoms with Crippen LogP contribution in [0, 0.1) is 5.41 Å². The molecule has 0 unspecified atom stereocenters. The van der Waals surface area contributed by atoms with Gasteiger partial charge < -0.3 is 14.9 Å². The number of aliphatic hydroxyl groups excluding tert-OH is 1. The number of hydrogen-bond acceptors (Lipinski definition) is 3. The lowest BCUT2D eigenvalue weighted by atomic mass is 9.71. The zero-order valence-corrected chi connectivity index (χ0v) is 15.8. The molecule has 3 fully saturated rings. The summed E-state index contributed by atoms with van der Waals surface area (Å²) < 4.78 is 0. The van der Waals surface area contributed by atoms with Gasteiger partial charge in [0.15, 0.2) is 0 Å². The van der Waals surface area contributed by atoms with Crippen molar-refractivity contribution in [2.24, 2.45) is 5.41 Å². The maximum atomic E-state index is 12.3. The highest BCUT2D eigenvalue weighted by molar-refractivity contribution is 5.77. The largest absolute Gasteiger partial charge is 0.388 e. The highest BCUT2D eigenvalue weighted by Gasteiger charge is 2.43. The number of piperidine rings is 2. The van der Waals surface area contributed by atoms with E-state index in [1.54, 1.807) is 0 Å². The standard InChI is InChI=1S/C22H32N2O2/c25-20(18-5-2-1-3-6-18)10-14-23-15-12-22(13-16-23)11-9-21(26)24(17-22)19-7-4-8-19/h1-3,5-6,19-20,25H,4,7-17H2/t20-/m1/s1. The highest BCUT2D eigenvalue weighted by Crippen LogP contribution is 2.42. The lowest BCUT2D eigenvalue weighted by Crippen LogP contribution is -2.55. The summed E-state index contributed by atoms with van der Waals surface area (Å²) in [6.07, 6.45) is 8.38. The van der Waals surface area contributed by atoms with Crippen molar-refractivity contribution in [1.82, 2.24) is 9.80 Å². The molecule has 1 amide bonds. The van der Waals surface area contributed by atoms with E-state index in [-0.39, 0.29) is 6.10 Å². The van der Waals surface area contributed by atoms with Crippen molar-refractivity contribution < 1.29 is 9.90 Å². The van der Waals surface area contributed by atoms with Gasteiger partial charge in [0, 0.05) is 25.6 Å². The fourth-order valence-corrected chi connectivity index (χ4v) is 4.88. The van der Waals surface area contributed by atoms with Gasteiger partial charge in [-0.05, 0) is 69.0 Å². The Morgan fingerprint density at radius 3 is 2.50 bits per heavy atom. The van der Waals surface area contributed by atoms with Crippen LogP contribution in [0.5, 0.6) is 0 Å². The van der Waals surface area contributed by atoms with Crippen molar-refractivity contribution in [1.29, 1.82) is 0 Å². The fourth-order valence-electron chi connectivity index (χ4n) is 4.88. The van der Waals surface area contributed by atoms with Crippen LogP contribution in [0.15, 0.2) is 30.3 Å². The monoisotopic (exact) mass is 356 g/mol.